The van der Waals surface area contributed by atoms with E-state index < -0.39 is 36.0 Å². The highest BCUT2D eigenvalue weighted by atomic mass is 16.5. The molecule has 10 heteroatoms. The molecule has 2 heterocycles. The van der Waals surface area contributed by atoms with Gasteiger partial charge in [-0.2, -0.15) is 5.10 Å². The van der Waals surface area contributed by atoms with Crippen molar-refractivity contribution < 1.29 is 29.3 Å². The molecule has 10 nitrogen and oxygen atoms in total. The normalized spacial score (nSPS) is 18.3. The number of hydrogen-bond acceptors (Lipinski definition) is 7. The van der Waals surface area contributed by atoms with Gasteiger partial charge in [0.2, 0.25) is 5.91 Å². The Morgan fingerprint density at radius 2 is 2.03 bits per heavy atom. The summed E-state index contributed by atoms with van der Waals surface area (Å²) >= 11 is 0. The smallest absolute Gasteiger partial charge is 0.306 e. The van der Waals surface area contributed by atoms with Crippen LogP contribution >= 0.6 is 0 Å². The van der Waals surface area contributed by atoms with Crippen molar-refractivity contribution in [3.8, 4) is 0 Å². The third-order valence-corrected chi connectivity index (χ3v) is 5.34. The molecule has 3 rings (SSSR count). The summed E-state index contributed by atoms with van der Waals surface area (Å²) in [7, 11) is 0. The lowest BCUT2D eigenvalue weighted by Crippen LogP contribution is -2.54. The van der Waals surface area contributed by atoms with Crippen molar-refractivity contribution in [3.05, 3.63) is 30.0 Å². The van der Waals surface area contributed by atoms with Crippen LogP contribution in [-0.2, 0) is 20.9 Å². The lowest BCUT2D eigenvalue weighted by molar-refractivity contribution is -0.141. The fourth-order valence-corrected chi connectivity index (χ4v) is 3.60. The minimum Gasteiger partial charge on any atom is -0.460 e. The first-order chi connectivity index (χ1) is 15.1. The Morgan fingerprint density at radius 3 is 2.66 bits per heavy atom. The molecular weight excluding hydrogens is 416 g/mol. The topological polar surface area (TPSA) is 143 Å². The highest BCUT2D eigenvalue weighted by molar-refractivity contribution is 6.06. The number of aliphatic hydroxyl groups excluding tert-OH is 2. The van der Waals surface area contributed by atoms with E-state index in [0.29, 0.717) is 24.8 Å². The van der Waals surface area contributed by atoms with Gasteiger partial charge in [-0.25, -0.2) is 0 Å². The average molecular weight is 447 g/mol. The van der Waals surface area contributed by atoms with Crippen LogP contribution in [0.15, 0.2) is 24.3 Å². The fraction of sp³-hybridized carbons (Fsp3) is 0.545. The molecule has 0 aliphatic carbocycles. The Bertz CT molecular complexity index is 996. The molecule has 32 heavy (non-hydrogen) atoms. The zero-order chi connectivity index (χ0) is 23.5. The first-order valence-corrected chi connectivity index (χ1v) is 10.6. The number of benzene rings is 1. The van der Waals surface area contributed by atoms with Crippen molar-refractivity contribution in [1.82, 2.24) is 20.4 Å². The molecular formula is C22H30N4O6. The number of rotatable bonds is 8. The Morgan fingerprint density at radius 1 is 1.31 bits per heavy atom. The number of aliphatic hydroxyl groups is 2. The Kier molecular flexibility index (Phi) is 7.15. The molecule has 3 unspecified atom stereocenters. The zero-order valence-corrected chi connectivity index (χ0v) is 18.5. The molecule has 1 fully saturated rings. The quantitative estimate of drug-likeness (QED) is 0.429. The molecule has 2 aromatic rings. The van der Waals surface area contributed by atoms with Crippen LogP contribution in [0.25, 0.3) is 10.9 Å². The van der Waals surface area contributed by atoms with E-state index in [-0.39, 0.29) is 24.3 Å². The molecule has 0 spiro atoms. The van der Waals surface area contributed by atoms with Crippen LogP contribution in [0.2, 0.25) is 0 Å². The summed E-state index contributed by atoms with van der Waals surface area (Å²) in [6.07, 6.45) is -0.419. The minimum absolute atomic E-state index is 0.130. The van der Waals surface area contributed by atoms with Gasteiger partial charge in [-0.05, 0) is 17.9 Å². The summed E-state index contributed by atoms with van der Waals surface area (Å²) in [5.74, 6) is -1.23. The maximum atomic E-state index is 13.2. The van der Waals surface area contributed by atoms with Crippen LogP contribution in [0.3, 0.4) is 0 Å². The molecule has 174 valence electrons. The zero-order valence-electron chi connectivity index (χ0n) is 18.5. The van der Waals surface area contributed by atoms with E-state index in [1.807, 2.05) is 32.9 Å². The molecule has 2 amide bonds. The highest BCUT2D eigenvalue weighted by Gasteiger charge is 2.34. The molecule has 1 saturated heterocycles. The molecule has 1 aromatic heterocycles. The number of cyclic esters (lactones) is 1. The lowest BCUT2D eigenvalue weighted by atomic mass is 9.86. The fourth-order valence-electron chi connectivity index (χ4n) is 3.60. The van der Waals surface area contributed by atoms with E-state index >= 15 is 0 Å². The largest absolute Gasteiger partial charge is 0.460 e. The van der Waals surface area contributed by atoms with Crippen LogP contribution in [0, 0.1) is 5.41 Å². The molecule has 4 N–H and O–H groups in total. The van der Waals surface area contributed by atoms with Crippen molar-refractivity contribution in [2.45, 2.75) is 58.4 Å². The molecule has 0 saturated carbocycles. The summed E-state index contributed by atoms with van der Waals surface area (Å²) in [4.78, 5) is 37.3. The van der Waals surface area contributed by atoms with Gasteiger partial charge in [0.1, 0.15) is 12.1 Å². The van der Waals surface area contributed by atoms with Crippen molar-refractivity contribution in [2.24, 2.45) is 5.41 Å². The van der Waals surface area contributed by atoms with Gasteiger partial charge in [0.05, 0.1) is 24.8 Å². The van der Waals surface area contributed by atoms with Crippen molar-refractivity contribution in [1.29, 1.82) is 0 Å². The van der Waals surface area contributed by atoms with Crippen LogP contribution in [0.4, 0.5) is 0 Å². The second-order valence-corrected chi connectivity index (χ2v) is 9.05. The van der Waals surface area contributed by atoms with Gasteiger partial charge in [0, 0.05) is 18.4 Å². The summed E-state index contributed by atoms with van der Waals surface area (Å²) in [6, 6.07) is 6.34. The predicted octanol–water partition coefficient (Wildman–Crippen LogP) is 0.356. The number of nitrogens with zero attached hydrogens (tertiary/aromatic N) is 2. The van der Waals surface area contributed by atoms with Gasteiger partial charge in [-0.15, -0.1) is 0 Å². The Hall–Kier alpha value is -2.98. The summed E-state index contributed by atoms with van der Waals surface area (Å²) in [5, 5.41) is 28.9. The number of aromatic nitrogens is 2. The van der Waals surface area contributed by atoms with E-state index in [9.17, 15) is 19.5 Å². The van der Waals surface area contributed by atoms with Crippen molar-refractivity contribution in [3.63, 3.8) is 0 Å². The van der Waals surface area contributed by atoms with E-state index in [1.54, 1.807) is 16.8 Å². The summed E-state index contributed by atoms with van der Waals surface area (Å²) < 4.78 is 6.94. The van der Waals surface area contributed by atoms with E-state index in [0.717, 1.165) is 5.52 Å². The Balaban J connectivity index is 1.83. The van der Waals surface area contributed by atoms with Crippen molar-refractivity contribution in [2.75, 3.05) is 13.2 Å². The summed E-state index contributed by atoms with van der Waals surface area (Å²) in [5.41, 5.74) is 0.270. The van der Waals surface area contributed by atoms with Crippen molar-refractivity contribution >= 4 is 28.7 Å². The van der Waals surface area contributed by atoms with Crippen LogP contribution in [-0.4, -0.2) is 69.2 Å². The number of hydrogen-bond donors (Lipinski definition) is 4. The third kappa shape index (κ3) is 5.43. The van der Waals surface area contributed by atoms with Crippen LogP contribution in [0.5, 0.6) is 0 Å². The van der Waals surface area contributed by atoms with Gasteiger partial charge in [0.15, 0.2) is 5.69 Å². The molecule has 1 aliphatic rings. The predicted molar refractivity (Wildman–Crippen MR) is 116 cm³/mol. The molecule has 1 aromatic carbocycles. The van der Waals surface area contributed by atoms with Crippen LogP contribution < -0.4 is 10.6 Å². The second kappa shape index (κ2) is 9.66. The maximum absolute atomic E-state index is 13.2. The van der Waals surface area contributed by atoms with E-state index in [2.05, 4.69) is 15.7 Å². The van der Waals surface area contributed by atoms with E-state index in [4.69, 9.17) is 9.84 Å². The van der Waals surface area contributed by atoms with E-state index in [1.165, 1.54) is 0 Å². The molecule has 3 atom stereocenters. The molecule has 0 bridgehead atoms. The first kappa shape index (κ1) is 23.7. The van der Waals surface area contributed by atoms with Gasteiger partial charge in [-0.1, -0.05) is 39.0 Å². The maximum Gasteiger partial charge on any atom is 0.306 e. The number of carbonyl (C=O) groups excluding carboxylic acids is 3. The highest BCUT2D eigenvalue weighted by Crippen LogP contribution is 2.24. The SMILES string of the molecule is CC(C)(C)C(NC(=O)c1nn(CC2CCC(=O)O2)c2ccccc12)C(=O)NCC(O)CO. The number of ether oxygens (including phenoxy) is 1. The number of fused-ring (bicyclic) bond motifs is 1. The second-order valence-electron chi connectivity index (χ2n) is 9.05. The third-order valence-electron chi connectivity index (χ3n) is 5.34. The first-order valence-electron chi connectivity index (χ1n) is 10.6. The standard InChI is InChI=1S/C22H30N4O6/c1-22(2,3)19(21(31)23-10-13(28)12-27)24-20(30)18-15-6-4-5-7-16(15)26(25-18)11-14-8-9-17(29)32-14/h4-7,13-14,19,27-28H,8-12H2,1-3H3,(H,23,31)(H,24,30). The number of esters is 1. The number of nitrogens with one attached hydrogen (secondary N) is 2. The Labute approximate surface area is 185 Å². The summed E-state index contributed by atoms with van der Waals surface area (Å²) in [6.45, 7) is 5.16. The number of carbonyl (C=O) groups is 3. The van der Waals surface area contributed by atoms with Gasteiger partial charge in [-0.3, -0.25) is 19.1 Å². The lowest BCUT2D eigenvalue weighted by Gasteiger charge is -2.30. The van der Waals surface area contributed by atoms with Gasteiger partial charge >= 0.3 is 5.97 Å². The average Bonchev–Trinajstić information content (AvgIpc) is 3.32. The van der Waals surface area contributed by atoms with Gasteiger partial charge < -0.3 is 25.6 Å². The van der Waals surface area contributed by atoms with Gasteiger partial charge in [0.25, 0.3) is 5.91 Å². The monoisotopic (exact) mass is 446 g/mol. The number of para-hydroxylation sites is 1. The molecule has 1 aliphatic heterocycles. The van der Waals surface area contributed by atoms with Crippen LogP contribution in [0.1, 0.15) is 44.1 Å². The molecule has 0 radical (unpaired) electrons. The minimum atomic E-state index is -1.08. The number of amides is 2.